The van der Waals surface area contributed by atoms with Gasteiger partial charge in [-0.15, -0.1) is 0 Å². The van der Waals surface area contributed by atoms with E-state index in [2.05, 4.69) is 23.9 Å². The van der Waals surface area contributed by atoms with Crippen molar-refractivity contribution >= 4 is 0 Å². The molecular weight excluding hydrogens is 294 g/mol. The highest BCUT2D eigenvalue weighted by Gasteiger charge is 2.60. The van der Waals surface area contributed by atoms with Crippen molar-refractivity contribution in [2.24, 2.45) is 45.5 Å². The van der Waals surface area contributed by atoms with Crippen LogP contribution < -0.4 is 0 Å². The van der Waals surface area contributed by atoms with Gasteiger partial charge in [-0.1, -0.05) is 38.2 Å². The summed E-state index contributed by atoms with van der Waals surface area (Å²) in [5.41, 5.74) is 9.93. The summed E-state index contributed by atoms with van der Waals surface area (Å²) in [5, 5.41) is 4.14. The van der Waals surface area contributed by atoms with Gasteiger partial charge in [0, 0.05) is 11.5 Å². The molecular formula is C21H35N3. The fourth-order valence-corrected chi connectivity index (χ4v) is 8.31. The smallest absolute Gasteiger partial charge is 0.0319 e. The molecule has 7 atom stereocenters. The predicted molar refractivity (Wildman–Crippen MR) is 98.5 cm³/mol. The molecule has 3 nitrogen and oxygen atoms in total. The zero-order chi connectivity index (χ0) is 16.8. The molecule has 4 fully saturated rings. The van der Waals surface area contributed by atoms with Gasteiger partial charge >= 0.3 is 0 Å². The Bertz CT molecular complexity index is 525. The Labute approximate surface area is 147 Å². The molecule has 3 heteroatoms. The van der Waals surface area contributed by atoms with E-state index in [0.717, 1.165) is 36.1 Å². The molecule has 0 heterocycles. The number of fused-ring (bicyclic) bond motifs is 5. The van der Waals surface area contributed by atoms with E-state index in [1.165, 1.54) is 70.6 Å². The second-order valence-corrected chi connectivity index (χ2v) is 9.75. The van der Waals surface area contributed by atoms with E-state index in [9.17, 15) is 0 Å². The molecule has 0 N–H and O–H groups in total. The van der Waals surface area contributed by atoms with Crippen molar-refractivity contribution in [1.82, 2.24) is 0 Å². The minimum absolute atomic E-state index is 0.347. The number of nitrogens with zero attached hydrogens (tertiary/aromatic N) is 3. The summed E-state index contributed by atoms with van der Waals surface area (Å²) in [6, 6.07) is 0. The van der Waals surface area contributed by atoms with Crippen LogP contribution in [0.2, 0.25) is 0 Å². The molecule has 4 saturated carbocycles. The van der Waals surface area contributed by atoms with Gasteiger partial charge in [0.05, 0.1) is 0 Å². The molecule has 0 aromatic heterocycles. The maximum Gasteiger partial charge on any atom is 0.0319 e. The van der Waals surface area contributed by atoms with Crippen LogP contribution >= 0.6 is 0 Å². The molecule has 0 saturated heterocycles. The lowest BCUT2D eigenvalue weighted by Crippen LogP contribution is -2.54. The minimum atomic E-state index is 0.347. The lowest BCUT2D eigenvalue weighted by atomic mass is 9.44. The topological polar surface area (TPSA) is 48.8 Å². The summed E-state index contributed by atoms with van der Waals surface area (Å²) in [4.78, 5) is 3.16. The summed E-state index contributed by atoms with van der Waals surface area (Å²) < 4.78 is 0. The molecule has 4 aliphatic carbocycles. The van der Waals surface area contributed by atoms with Gasteiger partial charge in [-0.05, 0) is 97.3 Å². The molecule has 0 aromatic carbocycles. The highest BCUT2D eigenvalue weighted by Crippen LogP contribution is 2.67. The fourth-order valence-electron chi connectivity index (χ4n) is 8.31. The van der Waals surface area contributed by atoms with Crippen LogP contribution in [0.5, 0.6) is 0 Å². The third kappa shape index (κ3) is 2.26. The summed E-state index contributed by atoms with van der Waals surface area (Å²) in [7, 11) is 0. The Morgan fingerprint density at radius 1 is 1.00 bits per heavy atom. The largest absolute Gasteiger partial charge is 0.0934 e. The Morgan fingerprint density at radius 2 is 1.88 bits per heavy atom. The highest BCUT2D eigenvalue weighted by atomic mass is 15.1. The first-order valence-corrected chi connectivity index (χ1v) is 10.7. The lowest BCUT2D eigenvalue weighted by Gasteiger charge is -2.61. The number of azide groups is 1. The van der Waals surface area contributed by atoms with Crippen LogP contribution in [0.1, 0.15) is 84.5 Å². The second kappa shape index (κ2) is 6.24. The molecule has 24 heavy (non-hydrogen) atoms. The average molecular weight is 330 g/mol. The minimum Gasteiger partial charge on any atom is -0.0934 e. The zero-order valence-corrected chi connectivity index (χ0v) is 15.7. The van der Waals surface area contributed by atoms with Gasteiger partial charge in [0.2, 0.25) is 0 Å². The second-order valence-electron chi connectivity index (χ2n) is 9.75. The predicted octanol–water partition coefficient (Wildman–Crippen LogP) is 6.74. The van der Waals surface area contributed by atoms with Crippen molar-refractivity contribution in [3.05, 3.63) is 10.4 Å². The monoisotopic (exact) mass is 329 g/mol. The summed E-state index contributed by atoms with van der Waals surface area (Å²) in [5.74, 6) is 4.51. The van der Waals surface area contributed by atoms with Crippen molar-refractivity contribution < 1.29 is 0 Å². The van der Waals surface area contributed by atoms with E-state index in [1.54, 1.807) is 0 Å². The van der Waals surface area contributed by atoms with Crippen molar-refractivity contribution in [3.8, 4) is 0 Å². The van der Waals surface area contributed by atoms with Gasteiger partial charge in [-0.25, -0.2) is 0 Å². The van der Waals surface area contributed by atoms with Gasteiger partial charge in [0.1, 0.15) is 0 Å². The van der Waals surface area contributed by atoms with E-state index in [0.29, 0.717) is 10.8 Å². The van der Waals surface area contributed by atoms with E-state index in [1.807, 2.05) is 0 Å². The molecule has 0 radical (unpaired) electrons. The Morgan fingerprint density at radius 3 is 2.67 bits per heavy atom. The SMILES string of the molecule is CC[C@H]1CC[C@H]2[C@@H]3CCC4CCCC[C@]4(C)[C@H]3CC[C@]12CN=[N+]=[N-]. The normalized spacial score (nSPS) is 50.3. The Kier molecular flexibility index (Phi) is 4.35. The Balaban J connectivity index is 1.65. The number of hydrogen-bond acceptors (Lipinski definition) is 1. The Hall–Kier alpha value is -0.690. The molecule has 0 aromatic rings. The van der Waals surface area contributed by atoms with Gasteiger partial charge in [0.15, 0.2) is 0 Å². The number of rotatable bonds is 3. The van der Waals surface area contributed by atoms with Crippen LogP contribution in [0.4, 0.5) is 0 Å². The van der Waals surface area contributed by atoms with Crippen LogP contribution in [-0.2, 0) is 0 Å². The first-order chi connectivity index (χ1) is 11.7. The molecule has 0 spiro atoms. The van der Waals surface area contributed by atoms with Crippen LogP contribution in [0.3, 0.4) is 0 Å². The quantitative estimate of drug-likeness (QED) is 0.313. The highest BCUT2D eigenvalue weighted by molar-refractivity contribution is 5.10. The lowest BCUT2D eigenvalue weighted by molar-refractivity contribution is -0.113. The van der Waals surface area contributed by atoms with Crippen LogP contribution in [-0.4, -0.2) is 6.54 Å². The molecule has 0 aliphatic heterocycles. The van der Waals surface area contributed by atoms with Crippen LogP contribution in [0.15, 0.2) is 5.11 Å². The zero-order valence-electron chi connectivity index (χ0n) is 15.7. The first-order valence-electron chi connectivity index (χ1n) is 10.7. The first kappa shape index (κ1) is 16.8. The van der Waals surface area contributed by atoms with Crippen molar-refractivity contribution in [1.29, 1.82) is 0 Å². The maximum absolute atomic E-state index is 8.96. The molecule has 4 aliphatic rings. The number of hydrogen-bond donors (Lipinski definition) is 0. The molecule has 4 rings (SSSR count). The molecule has 134 valence electrons. The molecule has 0 bridgehead atoms. The maximum atomic E-state index is 8.96. The van der Waals surface area contributed by atoms with E-state index in [4.69, 9.17) is 5.53 Å². The van der Waals surface area contributed by atoms with Gasteiger partial charge in [-0.2, -0.15) is 0 Å². The van der Waals surface area contributed by atoms with E-state index < -0.39 is 0 Å². The summed E-state index contributed by atoms with van der Waals surface area (Å²) in [6.45, 7) is 5.78. The standard InChI is InChI=1S/C21H35N3/c1-3-15-8-10-19-17-9-7-16-6-4-5-12-20(16,2)18(17)11-13-21(15,19)14-23-24-22/h15-19H,3-14H2,1-2H3/t15-,16?,17+,18-,19-,20-,21-/m0/s1. The summed E-state index contributed by atoms with van der Waals surface area (Å²) >= 11 is 0. The van der Waals surface area contributed by atoms with Crippen LogP contribution in [0.25, 0.3) is 10.4 Å². The van der Waals surface area contributed by atoms with Gasteiger partial charge < -0.3 is 0 Å². The van der Waals surface area contributed by atoms with Crippen molar-refractivity contribution in [3.63, 3.8) is 0 Å². The van der Waals surface area contributed by atoms with Gasteiger partial charge in [0.25, 0.3) is 0 Å². The average Bonchev–Trinajstić information content (AvgIpc) is 2.98. The summed E-state index contributed by atoms with van der Waals surface area (Å²) in [6.07, 6.45) is 15.6. The molecule has 1 unspecified atom stereocenters. The third-order valence-electron chi connectivity index (χ3n) is 9.40. The third-order valence-corrected chi connectivity index (χ3v) is 9.40. The van der Waals surface area contributed by atoms with E-state index >= 15 is 0 Å². The van der Waals surface area contributed by atoms with Crippen molar-refractivity contribution in [2.75, 3.05) is 6.54 Å². The fraction of sp³-hybridized carbons (Fsp3) is 1.00. The van der Waals surface area contributed by atoms with Crippen molar-refractivity contribution in [2.45, 2.75) is 84.5 Å². The van der Waals surface area contributed by atoms with Crippen LogP contribution in [0, 0.1) is 40.4 Å². The molecule has 0 amide bonds. The van der Waals surface area contributed by atoms with E-state index in [-0.39, 0.29) is 0 Å². The van der Waals surface area contributed by atoms with Gasteiger partial charge in [-0.3, -0.25) is 0 Å².